The highest BCUT2D eigenvalue weighted by atomic mass is 16.4. The summed E-state index contributed by atoms with van der Waals surface area (Å²) in [6, 6.07) is 8.16. The molecule has 0 spiro atoms. The van der Waals surface area contributed by atoms with E-state index in [9.17, 15) is 9.90 Å². The fraction of sp³-hybridized carbons (Fsp3) is 0.632. The lowest BCUT2D eigenvalue weighted by Crippen LogP contribution is -2.47. The topological polar surface area (TPSA) is 67.2 Å². The third-order valence-corrected chi connectivity index (χ3v) is 5.57. The number of hydrogen-bond acceptors (Lipinski definition) is 4. The number of rotatable bonds is 5. The Morgan fingerprint density at radius 1 is 1.08 bits per heavy atom. The quantitative estimate of drug-likeness (QED) is 0.854. The van der Waals surface area contributed by atoms with Crippen molar-refractivity contribution in [3.05, 3.63) is 29.8 Å². The molecule has 0 aromatic heterocycles. The lowest BCUT2D eigenvalue weighted by Gasteiger charge is -2.37. The minimum Gasteiger partial charge on any atom is -0.465 e. The third-order valence-electron chi connectivity index (χ3n) is 5.57. The maximum absolute atomic E-state index is 11.0. The van der Waals surface area contributed by atoms with E-state index in [-0.39, 0.29) is 6.61 Å². The Labute approximate surface area is 149 Å². The van der Waals surface area contributed by atoms with E-state index in [1.165, 1.54) is 17.0 Å². The van der Waals surface area contributed by atoms with Gasteiger partial charge in [-0.2, -0.15) is 0 Å². The lowest BCUT2D eigenvalue weighted by molar-refractivity contribution is 0.119. The minimum atomic E-state index is -0.778. The summed E-state index contributed by atoms with van der Waals surface area (Å²) in [5.41, 5.74) is 2.17. The number of anilines is 1. The van der Waals surface area contributed by atoms with Gasteiger partial charge in [0, 0.05) is 45.0 Å². The Hall–Kier alpha value is -1.79. The van der Waals surface area contributed by atoms with Crippen LogP contribution in [0.5, 0.6) is 0 Å². The third kappa shape index (κ3) is 4.86. The maximum atomic E-state index is 11.0. The van der Waals surface area contributed by atoms with Gasteiger partial charge in [-0.15, -0.1) is 0 Å². The fourth-order valence-corrected chi connectivity index (χ4v) is 3.86. The van der Waals surface area contributed by atoms with Crippen molar-refractivity contribution in [1.29, 1.82) is 0 Å². The highest BCUT2D eigenvalue weighted by Crippen LogP contribution is 2.22. The average molecular weight is 347 g/mol. The molecule has 25 heavy (non-hydrogen) atoms. The molecule has 2 saturated heterocycles. The van der Waals surface area contributed by atoms with Gasteiger partial charge < -0.3 is 20.0 Å². The van der Waals surface area contributed by atoms with E-state index in [4.69, 9.17) is 5.11 Å². The first-order chi connectivity index (χ1) is 12.2. The van der Waals surface area contributed by atoms with Crippen LogP contribution in [0.1, 0.15) is 24.8 Å². The molecule has 0 radical (unpaired) electrons. The second-order valence-electron chi connectivity index (χ2n) is 7.16. The van der Waals surface area contributed by atoms with Gasteiger partial charge in [0.25, 0.3) is 0 Å². The first-order valence-electron chi connectivity index (χ1n) is 9.30. The van der Waals surface area contributed by atoms with Gasteiger partial charge in [-0.25, -0.2) is 4.79 Å². The number of carboxylic acid groups (broad SMARTS) is 1. The number of benzene rings is 1. The predicted octanol–water partition coefficient (Wildman–Crippen LogP) is 2.08. The molecule has 2 N–H and O–H groups in total. The number of piperazine rings is 1. The Balaban J connectivity index is 1.39. The van der Waals surface area contributed by atoms with Gasteiger partial charge in [0.2, 0.25) is 0 Å². The highest BCUT2D eigenvalue weighted by Gasteiger charge is 2.23. The summed E-state index contributed by atoms with van der Waals surface area (Å²) in [7, 11) is 0. The monoisotopic (exact) mass is 347 g/mol. The molecule has 0 bridgehead atoms. The van der Waals surface area contributed by atoms with E-state index in [1.54, 1.807) is 0 Å². The van der Waals surface area contributed by atoms with Crippen LogP contribution >= 0.6 is 0 Å². The number of likely N-dealkylation sites (tertiary alicyclic amines) is 1. The second-order valence-corrected chi connectivity index (χ2v) is 7.16. The molecule has 6 nitrogen and oxygen atoms in total. The zero-order valence-corrected chi connectivity index (χ0v) is 14.8. The van der Waals surface area contributed by atoms with E-state index in [2.05, 4.69) is 21.9 Å². The Morgan fingerprint density at radius 2 is 1.80 bits per heavy atom. The summed E-state index contributed by atoms with van der Waals surface area (Å²) in [6.45, 7) is 6.76. The number of aliphatic hydroxyl groups is 1. The maximum Gasteiger partial charge on any atom is 0.407 e. The van der Waals surface area contributed by atoms with Gasteiger partial charge in [0.05, 0.1) is 6.61 Å². The zero-order valence-electron chi connectivity index (χ0n) is 14.8. The molecule has 0 atom stereocenters. The molecule has 0 aliphatic carbocycles. The van der Waals surface area contributed by atoms with Crippen molar-refractivity contribution >= 4 is 11.8 Å². The van der Waals surface area contributed by atoms with E-state index in [1.807, 2.05) is 12.1 Å². The SMILES string of the molecule is O=C(O)N1CCC(CCN2CCN(c3cccc(CO)c3)CC2)CC1. The number of amides is 1. The van der Waals surface area contributed by atoms with Crippen LogP contribution in [0.15, 0.2) is 24.3 Å². The van der Waals surface area contributed by atoms with Gasteiger partial charge in [-0.05, 0) is 49.4 Å². The number of nitrogens with zero attached hydrogens (tertiary/aromatic N) is 3. The molecule has 2 heterocycles. The van der Waals surface area contributed by atoms with Crippen LogP contribution in [0.3, 0.4) is 0 Å². The van der Waals surface area contributed by atoms with Crippen molar-refractivity contribution in [2.24, 2.45) is 5.92 Å². The summed E-state index contributed by atoms with van der Waals surface area (Å²) in [6.07, 6.45) is 2.40. The van der Waals surface area contributed by atoms with E-state index >= 15 is 0 Å². The molecule has 0 unspecified atom stereocenters. The first kappa shape index (κ1) is 18.0. The number of aliphatic hydroxyl groups excluding tert-OH is 1. The molecule has 0 saturated carbocycles. The Bertz CT molecular complexity index is 565. The van der Waals surface area contributed by atoms with Crippen molar-refractivity contribution in [2.45, 2.75) is 25.9 Å². The molecule has 138 valence electrons. The van der Waals surface area contributed by atoms with Gasteiger partial charge in [0.1, 0.15) is 0 Å². The summed E-state index contributed by atoms with van der Waals surface area (Å²) < 4.78 is 0. The molecule has 3 rings (SSSR count). The van der Waals surface area contributed by atoms with E-state index < -0.39 is 6.09 Å². The average Bonchev–Trinajstić information content (AvgIpc) is 2.67. The lowest BCUT2D eigenvalue weighted by atomic mass is 9.93. The molecule has 2 fully saturated rings. The molecular weight excluding hydrogens is 318 g/mol. The van der Waals surface area contributed by atoms with Crippen LogP contribution in [0.25, 0.3) is 0 Å². The number of piperidine rings is 1. The predicted molar refractivity (Wildman–Crippen MR) is 98.0 cm³/mol. The summed E-state index contributed by atoms with van der Waals surface area (Å²) in [4.78, 5) is 17.4. The van der Waals surface area contributed by atoms with Gasteiger partial charge in [0.15, 0.2) is 0 Å². The van der Waals surface area contributed by atoms with E-state index in [0.29, 0.717) is 19.0 Å². The van der Waals surface area contributed by atoms with Gasteiger partial charge in [-0.1, -0.05) is 12.1 Å². The van der Waals surface area contributed by atoms with Crippen molar-refractivity contribution in [2.75, 3.05) is 50.7 Å². The smallest absolute Gasteiger partial charge is 0.407 e. The van der Waals surface area contributed by atoms with Crippen molar-refractivity contribution in [1.82, 2.24) is 9.80 Å². The van der Waals surface area contributed by atoms with Crippen LogP contribution in [-0.2, 0) is 6.61 Å². The molecular formula is C19H29N3O3. The molecule has 1 aromatic carbocycles. The largest absolute Gasteiger partial charge is 0.465 e. The van der Waals surface area contributed by atoms with Crippen LogP contribution in [-0.4, -0.2) is 71.9 Å². The normalized spacial score (nSPS) is 20.0. The summed E-state index contributed by atoms with van der Waals surface area (Å²) in [5, 5.41) is 18.3. The van der Waals surface area contributed by atoms with Gasteiger partial charge in [-0.3, -0.25) is 4.90 Å². The van der Waals surface area contributed by atoms with Crippen LogP contribution in [0.4, 0.5) is 10.5 Å². The molecule has 1 amide bonds. The van der Waals surface area contributed by atoms with Crippen molar-refractivity contribution in [3.63, 3.8) is 0 Å². The second kappa shape index (κ2) is 8.54. The standard InChI is InChI=1S/C19H29N3O3/c23-15-17-2-1-3-18(14-17)21-12-10-20(11-13-21)7-4-16-5-8-22(9-6-16)19(24)25/h1-3,14,16,23H,4-13,15H2,(H,24,25). The van der Waals surface area contributed by atoms with E-state index in [0.717, 1.165) is 51.1 Å². The van der Waals surface area contributed by atoms with Crippen molar-refractivity contribution < 1.29 is 15.0 Å². The molecule has 2 aliphatic heterocycles. The first-order valence-corrected chi connectivity index (χ1v) is 9.30. The molecule has 1 aromatic rings. The van der Waals surface area contributed by atoms with Crippen LogP contribution < -0.4 is 4.90 Å². The minimum absolute atomic E-state index is 0.0918. The van der Waals surface area contributed by atoms with Crippen molar-refractivity contribution in [3.8, 4) is 0 Å². The molecule has 2 aliphatic rings. The summed E-state index contributed by atoms with van der Waals surface area (Å²) in [5.74, 6) is 0.662. The summed E-state index contributed by atoms with van der Waals surface area (Å²) >= 11 is 0. The Morgan fingerprint density at radius 3 is 2.44 bits per heavy atom. The highest BCUT2D eigenvalue weighted by molar-refractivity contribution is 5.64. The Kier molecular flexibility index (Phi) is 6.15. The van der Waals surface area contributed by atoms with Gasteiger partial charge >= 0.3 is 6.09 Å². The number of carbonyl (C=O) groups is 1. The van der Waals surface area contributed by atoms with Crippen LogP contribution in [0.2, 0.25) is 0 Å². The fourth-order valence-electron chi connectivity index (χ4n) is 3.86. The molecule has 6 heteroatoms. The van der Waals surface area contributed by atoms with Crippen LogP contribution in [0, 0.1) is 5.92 Å². The zero-order chi connectivity index (χ0) is 17.6. The number of hydrogen-bond donors (Lipinski definition) is 2.